The van der Waals surface area contributed by atoms with Crippen LogP contribution in [-0.4, -0.2) is 17.5 Å². The highest BCUT2D eigenvalue weighted by Gasteiger charge is 2.14. The first kappa shape index (κ1) is 19.7. The molecule has 1 aromatic heterocycles. The number of hydrogen-bond donors (Lipinski definition) is 1. The fourth-order valence-corrected chi connectivity index (χ4v) is 3.78. The highest BCUT2D eigenvalue weighted by Crippen LogP contribution is 2.36. The Morgan fingerprint density at radius 2 is 2.04 bits per heavy atom. The van der Waals surface area contributed by atoms with Gasteiger partial charge in [0.2, 0.25) is 0 Å². The van der Waals surface area contributed by atoms with Crippen molar-refractivity contribution in [1.29, 1.82) is 0 Å². The van der Waals surface area contributed by atoms with Gasteiger partial charge in [-0.15, -0.1) is 11.3 Å². The number of thiazole rings is 1. The standard InChI is InChI=1S/C19H16BrClN2O3S/c1-2-25-18-16(20)7-13(21)8-17(18)23-19(24)12-3-5-15(6-4-12)26-9-14-10-27-11-22-14/h3-8,10-11H,2,9H2,1H3,(H,23,24). The lowest BCUT2D eigenvalue weighted by Crippen LogP contribution is -2.13. The minimum Gasteiger partial charge on any atom is -0.491 e. The molecular formula is C19H16BrClN2O3S. The maximum absolute atomic E-state index is 12.6. The minimum atomic E-state index is -0.267. The van der Waals surface area contributed by atoms with Gasteiger partial charge < -0.3 is 14.8 Å². The molecule has 3 rings (SSSR count). The lowest BCUT2D eigenvalue weighted by Gasteiger charge is -2.14. The summed E-state index contributed by atoms with van der Waals surface area (Å²) < 4.78 is 11.9. The smallest absolute Gasteiger partial charge is 0.255 e. The van der Waals surface area contributed by atoms with Gasteiger partial charge >= 0.3 is 0 Å². The lowest BCUT2D eigenvalue weighted by atomic mass is 10.2. The van der Waals surface area contributed by atoms with E-state index in [2.05, 4.69) is 26.2 Å². The van der Waals surface area contributed by atoms with Gasteiger partial charge in [-0.25, -0.2) is 4.98 Å². The maximum Gasteiger partial charge on any atom is 0.255 e. The van der Waals surface area contributed by atoms with E-state index in [0.717, 1.165) is 5.69 Å². The Bertz CT molecular complexity index is 917. The third-order valence-corrected chi connectivity index (χ3v) is 4.97. The van der Waals surface area contributed by atoms with Crippen LogP contribution >= 0.6 is 38.9 Å². The molecule has 3 aromatic rings. The van der Waals surface area contributed by atoms with Crippen molar-refractivity contribution in [3.8, 4) is 11.5 Å². The lowest BCUT2D eigenvalue weighted by molar-refractivity contribution is 0.102. The van der Waals surface area contributed by atoms with E-state index < -0.39 is 0 Å². The molecule has 27 heavy (non-hydrogen) atoms. The van der Waals surface area contributed by atoms with Gasteiger partial charge in [-0.2, -0.15) is 0 Å². The summed E-state index contributed by atoms with van der Waals surface area (Å²) in [7, 11) is 0. The summed E-state index contributed by atoms with van der Waals surface area (Å²) in [5, 5.41) is 5.26. The normalized spacial score (nSPS) is 10.5. The number of amides is 1. The molecule has 0 saturated carbocycles. The molecule has 8 heteroatoms. The number of benzene rings is 2. The van der Waals surface area contributed by atoms with Crippen LogP contribution in [0.25, 0.3) is 0 Å². The number of halogens is 2. The van der Waals surface area contributed by atoms with Gasteiger partial charge in [-0.3, -0.25) is 4.79 Å². The molecule has 0 spiro atoms. The molecule has 1 N–H and O–H groups in total. The number of carbonyl (C=O) groups is 1. The topological polar surface area (TPSA) is 60.5 Å². The van der Waals surface area contributed by atoms with Gasteiger partial charge in [0.15, 0.2) is 5.75 Å². The van der Waals surface area contributed by atoms with Crippen molar-refractivity contribution < 1.29 is 14.3 Å². The molecule has 0 bridgehead atoms. The van der Waals surface area contributed by atoms with Gasteiger partial charge in [0, 0.05) is 16.0 Å². The molecule has 0 aliphatic carbocycles. The molecule has 1 heterocycles. The van der Waals surface area contributed by atoms with E-state index in [-0.39, 0.29) is 5.91 Å². The molecule has 1 amide bonds. The monoisotopic (exact) mass is 466 g/mol. The molecule has 0 atom stereocenters. The van der Waals surface area contributed by atoms with E-state index in [0.29, 0.717) is 45.5 Å². The Morgan fingerprint density at radius 1 is 1.26 bits per heavy atom. The van der Waals surface area contributed by atoms with Crippen molar-refractivity contribution in [2.45, 2.75) is 13.5 Å². The number of hydrogen-bond acceptors (Lipinski definition) is 5. The third-order valence-electron chi connectivity index (χ3n) is 3.53. The third kappa shape index (κ3) is 5.22. The molecule has 0 fully saturated rings. The molecule has 0 aliphatic heterocycles. The van der Waals surface area contributed by atoms with E-state index in [1.54, 1.807) is 41.9 Å². The first-order valence-electron chi connectivity index (χ1n) is 8.10. The van der Waals surface area contributed by atoms with Crippen molar-refractivity contribution in [2.24, 2.45) is 0 Å². The quantitative estimate of drug-likeness (QED) is 0.478. The fraction of sp³-hybridized carbons (Fsp3) is 0.158. The Hall–Kier alpha value is -2.09. The summed E-state index contributed by atoms with van der Waals surface area (Å²) in [6, 6.07) is 10.3. The second kappa shape index (κ2) is 9.21. The van der Waals surface area contributed by atoms with Gasteiger partial charge in [0.1, 0.15) is 12.4 Å². The number of nitrogens with one attached hydrogen (secondary N) is 1. The Balaban J connectivity index is 1.69. The van der Waals surface area contributed by atoms with Crippen LogP contribution in [0, 0.1) is 0 Å². The zero-order chi connectivity index (χ0) is 19.2. The van der Waals surface area contributed by atoms with E-state index in [9.17, 15) is 4.79 Å². The van der Waals surface area contributed by atoms with Gasteiger partial charge in [-0.05, 0) is 59.3 Å². The second-order valence-electron chi connectivity index (χ2n) is 5.44. The Labute approximate surface area is 174 Å². The van der Waals surface area contributed by atoms with Crippen molar-refractivity contribution in [3.05, 3.63) is 68.0 Å². The van der Waals surface area contributed by atoms with Crippen LogP contribution in [0.15, 0.2) is 51.8 Å². The van der Waals surface area contributed by atoms with Crippen LogP contribution in [-0.2, 0) is 6.61 Å². The Kier molecular flexibility index (Phi) is 6.71. The number of rotatable bonds is 7. The molecule has 5 nitrogen and oxygen atoms in total. The number of carbonyl (C=O) groups excluding carboxylic acids is 1. The summed E-state index contributed by atoms with van der Waals surface area (Å²) in [4.78, 5) is 16.7. The zero-order valence-corrected chi connectivity index (χ0v) is 17.5. The highest BCUT2D eigenvalue weighted by molar-refractivity contribution is 9.10. The number of ether oxygens (including phenoxy) is 2. The summed E-state index contributed by atoms with van der Waals surface area (Å²) in [5.74, 6) is 0.940. The minimum absolute atomic E-state index is 0.267. The molecule has 0 saturated heterocycles. The van der Waals surface area contributed by atoms with Crippen LogP contribution < -0.4 is 14.8 Å². The van der Waals surface area contributed by atoms with Crippen molar-refractivity contribution >= 4 is 50.5 Å². The van der Waals surface area contributed by atoms with E-state index >= 15 is 0 Å². The predicted octanol–water partition coefficient (Wildman–Crippen LogP) is 5.79. The van der Waals surface area contributed by atoms with Crippen LogP contribution in [0.1, 0.15) is 23.0 Å². The molecule has 2 aromatic carbocycles. The van der Waals surface area contributed by atoms with E-state index in [1.165, 1.54) is 11.3 Å². The summed E-state index contributed by atoms with van der Waals surface area (Å²) in [5.41, 5.74) is 3.63. The average molecular weight is 468 g/mol. The highest BCUT2D eigenvalue weighted by atomic mass is 79.9. The van der Waals surface area contributed by atoms with Gasteiger partial charge in [0.05, 0.1) is 28.0 Å². The summed E-state index contributed by atoms with van der Waals surface area (Å²) in [6.45, 7) is 2.73. The summed E-state index contributed by atoms with van der Waals surface area (Å²) in [6.07, 6.45) is 0. The molecular weight excluding hydrogens is 452 g/mol. The van der Waals surface area contributed by atoms with Crippen LogP contribution in [0.5, 0.6) is 11.5 Å². The largest absolute Gasteiger partial charge is 0.491 e. The van der Waals surface area contributed by atoms with Gasteiger partial charge in [-0.1, -0.05) is 11.6 Å². The second-order valence-corrected chi connectivity index (χ2v) is 7.45. The zero-order valence-electron chi connectivity index (χ0n) is 14.4. The van der Waals surface area contributed by atoms with Crippen LogP contribution in [0.3, 0.4) is 0 Å². The Morgan fingerprint density at radius 3 is 2.70 bits per heavy atom. The predicted molar refractivity (Wildman–Crippen MR) is 111 cm³/mol. The van der Waals surface area contributed by atoms with Gasteiger partial charge in [0.25, 0.3) is 5.91 Å². The number of anilines is 1. The first-order chi connectivity index (χ1) is 13.1. The van der Waals surface area contributed by atoms with E-state index in [4.69, 9.17) is 21.1 Å². The first-order valence-corrected chi connectivity index (χ1v) is 10.2. The van der Waals surface area contributed by atoms with Crippen molar-refractivity contribution in [1.82, 2.24) is 4.98 Å². The summed E-state index contributed by atoms with van der Waals surface area (Å²) >= 11 is 11.0. The fourth-order valence-electron chi connectivity index (χ4n) is 2.31. The number of nitrogens with zero attached hydrogens (tertiary/aromatic N) is 1. The van der Waals surface area contributed by atoms with Crippen molar-refractivity contribution in [2.75, 3.05) is 11.9 Å². The molecule has 0 aliphatic rings. The maximum atomic E-state index is 12.6. The SMILES string of the molecule is CCOc1c(Br)cc(Cl)cc1NC(=O)c1ccc(OCc2cscn2)cc1. The molecule has 140 valence electrons. The average Bonchev–Trinajstić information content (AvgIpc) is 3.17. The van der Waals surface area contributed by atoms with E-state index in [1.807, 2.05) is 12.3 Å². The van der Waals surface area contributed by atoms with Crippen molar-refractivity contribution in [3.63, 3.8) is 0 Å². The van der Waals surface area contributed by atoms with Crippen LogP contribution in [0.2, 0.25) is 5.02 Å². The number of aromatic nitrogens is 1. The molecule has 0 radical (unpaired) electrons. The van der Waals surface area contributed by atoms with Crippen LogP contribution in [0.4, 0.5) is 5.69 Å². The molecule has 0 unspecified atom stereocenters.